The van der Waals surface area contributed by atoms with Gasteiger partial charge >= 0.3 is 0 Å². The van der Waals surface area contributed by atoms with Gasteiger partial charge in [0.25, 0.3) is 5.91 Å². The van der Waals surface area contributed by atoms with E-state index >= 15 is 0 Å². The molecule has 0 aliphatic rings. The summed E-state index contributed by atoms with van der Waals surface area (Å²) in [5, 5.41) is 3.11. The molecule has 0 bridgehead atoms. The molecule has 1 aromatic carbocycles. The number of hydrogen-bond acceptors (Lipinski definition) is 3. The lowest BCUT2D eigenvalue weighted by molar-refractivity contribution is 0.0951. The van der Waals surface area contributed by atoms with Crippen LogP contribution in [0.2, 0.25) is 5.15 Å². The van der Waals surface area contributed by atoms with E-state index in [1.165, 1.54) is 0 Å². The van der Waals surface area contributed by atoms with E-state index in [0.29, 0.717) is 12.1 Å². The van der Waals surface area contributed by atoms with Crippen LogP contribution < -0.4 is 10.2 Å². The molecule has 0 unspecified atom stereocenters. The van der Waals surface area contributed by atoms with E-state index in [2.05, 4.69) is 22.1 Å². The molecule has 2 aromatic rings. The fourth-order valence-electron chi connectivity index (χ4n) is 1.95. The average molecular weight is 304 g/mol. The van der Waals surface area contributed by atoms with E-state index in [9.17, 15) is 4.79 Å². The van der Waals surface area contributed by atoms with Gasteiger partial charge in [-0.15, -0.1) is 0 Å². The van der Waals surface area contributed by atoms with E-state index < -0.39 is 0 Å². The highest BCUT2D eigenvalue weighted by atomic mass is 35.5. The van der Waals surface area contributed by atoms with Gasteiger partial charge in [0, 0.05) is 31.5 Å². The van der Waals surface area contributed by atoms with E-state index in [4.69, 9.17) is 11.6 Å². The summed E-state index contributed by atoms with van der Waals surface area (Å²) in [6.45, 7) is 2.58. The van der Waals surface area contributed by atoms with E-state index in [1.54, 1.807) is 18.3 Å². The number of pyridine rings is 1. The molecule has 1 atom stereocenters. The minimum Gasteiger partial charge on any atom is -0.370 e. The Balaban J connectivity index is 1.94. The first kappa shape index (κ1) is 15.3. The first-order valence-electron chi connectivity index (χ1n) is 6.76. The third kappa shape index (κ3) is 3.95. The lowest BCUT2D eigenvalue weighted by Crippen LogP contribution is -2.40. The fourth-order valence-corrected chi connectivity index (χ4v) is 2.15. The number of nitrogens with one attached hydrogen (secondary N) is 1. The second kappa shape index (κ2) is 7.09. The van der Waals surface area contributed by atoms with E-state index in [-0.39, 0.29) is 17.1 Å². The summed E-state index contributed by atoms with van der Waals surface area (Å²) in [7, 11) is 2.00. The second-order valence-corrected chi connectivity index (χ2v) is 5.21. The maximum absolute atomic E-state index is 12.1. The molecular weight excluding hydrogens is 286 g/mol. The highest BCUT2D eigenvalue weighted by Gasteiger charge is 2.14. The summed E-state index contributed by atoms with van der Waals surface area (Å²) < 4.78 is 0. The van der Waals surface area contributed by atoms with Gasteiger partial charge in [-0.05, 0) is 31.2 Å². The number of carbonyl (C=O) groups excluding carboxylic acids is 1. The standard InChI is InChI=1S/C16H18ClN3O/c1-12(20(2)13-7-4-3-5-8-13)11-19-16(21)14-9-6-10-18-15(14)17/h3-10,12H,11H2,1-2H3,(H,19,21)/t12-/m0/s1. The maximum Gasteiger partial charge on any atom is 0.254 e. The average Bonchev–Trinajstić information content (AvgIpc) is 2.52. The topological polar surface area (TPSA) is 45.2 Å². The number of halogens is 1. The Morgan fingerprint density at radius 2 is 2.00 bits per heavy atom. The van der Waals surface area contributed by atoms with Crippen LogP contribution in [0.25, 0.3) is 0 Å². The smallest absolute Gasteiger partial charge is 0.254 e. The van der Waals surface area contributed by atoms with Crippen molar-refractivity contribution < 1.29 is 4.79 Å². The minimum atomic E-state index is -0.207. The molecule has 1 heterocycles. The van der Waals surface area contributed by atoms with Crippen molar-refractivity contribution in [2.75, 3.05) is 18.5 Å². The van der Waals surface area contributed by atoms with Gasteiger partial charge < -0.3 is 10.2 Å². The lowest BCUT2D eigenvalue weighted by atomic mass is 10.2. The molecule has 1 amide bonds. The first-order valence-corrected chi connectivity index (χ1v) is 7.14. The summed E-state index contributed by atoms with van der Waals surface area (Å²) in [5.74, 6) is -0.207. The number of aromatic nitrogens is 1. The van der Waals surface area contributed by atoms with E-state index in [0.717, 1.165) is 5.69 Å². The Labute approximate surface area is 129 Å². The Bertz CT molecular complexity index is 603. The van der Waals surface area contributed by atoms with Crippen molar-refractivity contribution in [3.05, 3.63) is 59.4 Å². The third-order valence-electron chi connectivity index (χ3n) is 3.39. The van der Waals surface area contributed by atoms with Crippen LogP contribution >= 0.6 is 11.6 Å². The summed E-state index contributed by atoms with van der Waals surface area (Å²) in [6, 6.07) is 13.6. The number of anilines is 1. The highest BCUT2D eigenvalue weighted by molar-refractivity contribution is 6.32. The van der Waals surface area contributed by atoms with Crippen molar-refractivity contribution in [3.8, 4) is 0 Å². The molecular formula is C16H18ClN3O. The fraction of sp³-hybridized carbons (Fsp3) is 0.250. The third-order valence-corrected chi connectivity index (χ3v) is 3.69. The number of hydrogen-bond donors (Lipinski definition) is 1. The van der Waals surface area contributed by atoms with E-state index in [1.807, 2.05) is 37.4 Å². The normalized spacial score (nSPS) is 11.8. The highest BCUT2D eigenvalue weighted by Crippen LogP contribution is 2.14. The van der Waals surface area contributed by atoms with Crippen LogP contribution in [0.4, 0.5) is 5.69 Å². The molecule has 4 nitrogen and oxygen atoms in total. The van der Waals surface area contributed by atoms with Crippen molar-refractivity contribution in [2.24, 2.45) is 0 Å². The second-order valence-electron chi connectivity index (χ2n) is 4.85. The molecule has 1 N–H and O–H groups in total. The van der Waals surface area contributed by atoms with Gasteiger partial charge in [-0.2, -0.15) is 0 Å². The molecule has 0 spiro atoms. The van der Waals surface area contributed by atoms with Crippen LogP contribution in [0.5, 0.6) is 0 Å². The predicted molar refractivity (Wildman–Crippen MR) is 85.9 cm³/mol. The molecule has 110 valence electrons. The zero-order chi connectivity index (χ0) is 15.2. The number of para-hydroxylation sites is 1. The van der Waals surface area contributed by atoms with Gasteiger partial charge in [0.2, 0.25) is 0 Å². The van der Waals surface area contributed by atoms with Crippen LogP contribution in [0.3, 0.4) is 0 Å². The van der Waals surface area contributed by atoms with Gasteiger partial charge in [-0.1, -0.05) is 29.8 Å². The monoisotopic (exact) mass is 303 g/mol. The van der Waals surface area contributed by atoms with Crippen LogP contribution in [-0.2, 0) is 0 Å². The van der Waals surface area contributed by atoms with Gasteiger partial charge in [0.05, 0.1) is 5.56 Å². The Kier molecular flexibility index (Phi) is 5.17. The number of rotatable bonds is 5. The summed E-state index contributed by atoms with van der Waals surface area (Å²) in [4.78, 5) is 18.1. The molecule has 0 fully saturated rings. The molecule has 1 aromatic heterocycles. The summed E-state index contributed by atoms with van der Waals surface area (Å²) in [5.41, 5.74) is 1.51. The van der Waals surface area contributed by atoms with Crippen LogP contribution in [0, 0.1) is 0 Å². The van der Waals surface area contributed by atoms with Crippen LogP contribution in [0.1, 0.15) is 17.3 Å². The van der Waals surface area contributed by atoms with Crippen molar-refractivity contribution in [1.82, 2.24) is 10.3 Å². The largest absolute Gasteiger partial charge is 0.370 e. The predicted octanol–water partition coefficient (Wildman–Crippen LogP) is 2.99. The van der Waals surface area contributed by atoms with Crippen molar-refractivity contribution >= 4 is 23.2 Å². The minimum absolute atomic E-state index is 0.159. The van der Waals surface area contributed by atoms with Crippen molar-refractivity contribution in [3.63, 3.8) is 0 Å². The molecule has 21 heavy (non-hydrogen) atoms. The van der Waals surface area contributed by atoms with Gasteiger partial charge in [0.1, 0.15) is 5.15 Å². The van der Waals surface area contributed by atoms with Crippen molar-refractivity contribution in [2.45, 2.75) is 13.0 Å². The molecule has 0 saturated heterocycles. The summed E-state index contributed by atoms with van der Waals surface area (Å²) in [6.07, 6.45) is 1.56. The zero-order valence-electron chi connectivity index (χ0n) is 12.1. The molecule has 5 heteroatoms. The number of nitrogens with zero attached hydrogens (tertiary/aromatic N) is 2. The first-order chi connectivity index (χ1) is 10.1. The molecule has 0 saturated carbocycles. The number of carbonyl (C=O) groups is 1. The Morgan fingerprint density at radius 1 is 1.29 bits per heavy atom. The zero-order valence-corrected chi connectivity index (χ0v) is 12.8. The SMILES string of the molecule is C[C@@H](CNC(=O)c1cccnc1Cl)N(C)c1ccccc1. The van der Waals surface area contributed by atoms with Crippen molar-refractivity contribution in [1.29, 1.82) is 0 Å². The molecule has 2 rings (SSSR count). The van der Waals surface area contributed by atoms with Gasteiger partial charge in [-0.25, -0.2) is 4.98 Å². The Hall–Kier alpha value is -2.07. The number of likely N-dealkylation sites (N-methyl/N-ethyl adjacent to an activating group) is 1. The summed E-state index contributed by atoms with van der Waals surface area (Å²) >= 11 is 5.91. The number of amides is 1. The van der Waals surface area contributed by atoms with Gasteiger partial charge in [-0.3, -0.25) is 4.79 Å². The molecule has 0 radical (unpaired) electrons. The number of benzene rings is 1. The van der Waals surface area contributed by atoms with Crippen LogP contribution in [-0.4, -0.2) is 30.5 Å². The Morgan fingerprint density at radius 3 is 2.67 bits per heavy atom. The molecule has 0 aliphatic heterocycles. The van der Waals surface area contributed by atoms with Crippen LogP contribution in [0.15, 0.2) is 48.7 Å². The van der Waals surface area contributed by atoms with Gasteiger partial charge in [0.15, 0.2) is 0 Å². The quantitative estimate of drug-likeness (QED) is 0.864. The maximum atomic E-state index is 12.1. The lowest BCUT2D eigenvalue weighted by Gasteiger charge is -2.27. The molecule has 0 aliphatic carbocycles.